The second-order valence-electron chi connectivity index (χ2n) is 5.02. The molecule has 0 aromatic heterocycles. The summed E-state index contributed by atoms with van der Waals surface area (Å²) in [7, 11) is 1.41. The second kappa shape index (κ2) is 4.06. The molecule has 2 bridgehead atoms. The van der Waals surface area contributed by atoms with E-state index in [4.69, 9.17) is 4.74 Å². The number of rotatable bonds is 2. The van der Waals surface area contributed by atoms with Crippen LogP contribution in [-0.2, 0) is 4.74 Å². The standard InChI is InChI=1S/C14H17NO2/c1-17-14(16)11-3-6-12(7-4-11)15-9-10-2-5-13(15)8-10/h3-4,6-7,10,13H,2,5,8-9H2,1H3. The van der Waals surface area contributed by atoms with Crippen LogP contribution in [0.2, 0.25) is 0 Å². The molecule has 1 heterocycles. The molecule has 90 valence electrons. The van der Waals surface area contributed by atoms with E-state index in [0.29, 0.717) is 5.56 Å². The lowest BCUT2D eigenvalue weighted by molar-refractivity contribution is 0.0601. The summed E-state index contributed by atoms with van der Waals surface area (Å²) in [4.78, 5) is 13.8. The average molecular weight is 231 g/mol. The SMILES string of the molecule is COC(=O)c1ccc(N2CC3CCC2C3)cc1. The molecule has 3 heteroatoms. The Bertz CT molecular complexity index is 426. The van der Waals surface area contributed by atoms with E-state index in [1.807, 2.05) is 24.3 Å². The minimum atomic E-state index is -0.264. The Kier molecular flexibility index (Phi) is 2.54. The number of ether oxygens (including phenoxy) is 1. The van der Waals surface area contributed by atoms with E-state index < -0.39 is 0 Å². The largest absolute Gasteiger partial charge is 0.465 e. The van der Waals surface area contributed by atoms with Crippen LogP contribution in [0.5, 0.6) is 0 Å². The van der Waals surface area contributed by atoms with Crippen molar-refractivity contribution >= 4 is 11.7 Å². The summed E-state index contributed by atoms with van der Waals surface area (Å²) < 4.78 is 4.70. The summed E-state index contributed by atoms with van der Waals surface area (Å²) in [6.07, 6.45) is 4.06. The van der Waals surface area contributed by atoms with Crippen molar-refractivity contribution < 1.29 is 9.53 Å². The molecule has 1 aliphatic carbocycles. The molecule has 0 radical (unpaired) electrons. The van der Waals surface area contributed by atoms with Crippen molar-refractivity contribution in [1.82, 2.24) is 0 Å². The van der Waals surface area contributed by atoms with Gasteiger partial charge in [-0.15, -0.1) is 0 Å². The van der Waals surface area contributed by atoms with Crippen LogP contribution in [0.4, 0.5) is 5.69 Å². The molecule has 2 fully saturated rings. The molecular formula is C14H17NO2. The van der Waals surface area contributed by atoms with Gasteiger partial charge in [0.1, 0.15) is 0 Å². The van der Waals surface area contributed by atoms with E-state index in [1.54, 1.807) is 0 Å². The predicted molar refractivity (Wildman–Crippen MR) is 66.3 cm³/mol. The molecule has 1 aromatic rings. The molecule has 1 saturated carbocycles. The summed E-state index contributed by atoms with van der Waals surface area (Å²) in [6, 6.07) is 8.50. The fourth-order valence-electron chi connectivity index (χ4n) is 3.15. The first kappa shape index (κ1) is 10.6. The zero-order valence-electron chi connectivity index (χ0n) is 10.1. The molecule has 1 saturated heterocycles. The van der Waals surface area contributed by atoms with E-state index >= 15 is 0 Å². The van der Waals surface area contributed by atoms with Crippen LogP contribution in [-0.4, -0.2) is 25.7 Å². The number of esters is 1. The van der Waals surface area contributed by atoms with Gasteiger partial charge in [-0.05, 0) is 49.4 Å². The monoisotopic (exact) mass is 231 g/mol. The zero-order chi connectivity index (χ0) is 11.8. The van der Waals surface area contributed by atoms with Crippen LogP contribution < -0.4 is 4.90 Å². The van der Waals surface area contributed by atoms with Gasteiger partial charge >= 0.3 is 5.97 Å². The van der Waals surface area contributed by atoms with Gasteiger partial charge in [-0.2, -0.15) is 0 Å². The summed E-state index contributed by atoms with van der Waals surface area (Å²) in [5.74, 6) is 0.625. The third kappa shape index (κ3) is 1.79. The molecule has 0 N–H and O–H groups in total. The zero-order valence-corrected chi connectivity index (χ0v) is 10.1. The Labute approximate surface area is 101 Å². The fourth-order valence-corrected chi connectivity index (χ4v) is 3.15. The molecule has 2 unspecified atom stereocenters. The normalized spacial score (nSPS) is 26.3. The summed E-state index contributed by atoms with van der Waals surface area (Å²) in [6.45, 7) is 1.18. The van der Waals surface area contributed by atoms with Crippen LogP contribution in [0.3, 0.4) is 0 Å². The van der Waals surface area contributed by atoms with Crippen LogP contribution in [0.1, 0.15) is 29.6 Å². The highest BCUT2D eigenvalue weighted by Crippen LogP contribution is 2.40. The van der Waals surface area contributed by atoms with E-state index in [1.165, 1.54) is 38.6 Å². The Hall–Kier alpha value is -1.51. The highest BCUT2D eigenvalue weighted by atomic mass is 16.5. The van der Waals surface area contributed by atoms with Gasteiger partial charge in [0.05, 0.1) is 12.7 Å². The molecule has 17 heavy (non-hydrogen) atoms. The Morgan fingerprint density at radius 2 is 2.06 bits per heavy atom. The van der Waals surface area contributed by atoms with E-state index in [9.17, 15) is 4.79 Å². The Morgan fingerprint density at radius 3 is 2.59 bits per heavy atom. The Morgan fingerprint density at radius 1 is 1.29 bits per heavy atom. The maximum Gasteiger partial charge on any atom is 0.337 e. The molecule has 2 atom stereocenters. The highest BCUT2D eigenvalue weighted by molar-refractivity contribution is 5.89. The summed E-state index contributed by atoms with van der Waals surface area (Å²) in [5, 5.41) is 0. The van der Waals surface area contributed by atoms with Crippen LogP contribution in [0.25, 0.3) is 0 Å². The predicted octanol–water partition coefficient (Wildman–Crippen LogP) is 2.46. The van der Waals surface area contributed by atoms with Gasteiger partial charge in [0.15, 0.2) is 0 Å². The second-order valence-corrected chi connectivity index (χ2v) is 5.02. The first-order valence-corrected chi connectivity index (χ1v) is 6.23. The lowest BCUT2D eigenvalue weighted by Crippen LogP contribution is -2.31. The number of hydrogen-bond acceptors (Lipinski definition) is 3. The molecule has 1 aliphatic heterocycles. The van der Waals surface area contributed by atoms with Crippen molar-refractivity contribution in [2.24, 2.45) is 5.92 Å². The number of fused-ring (bicyclic) bond motifs is 2. The third-order valence-electron chi connectivity index (χ3n) is 4.03. The smallest absolute Gasteiger partial charge is 0.337 e. The minimum absolute atomic E-state index is 0.264. The first-order valence-electron chi connectivity index (χ1n) is 6.23. The van der Waals surface area contributed by atoms with Gasteiger partial charge in [0.25, 0.3) is 0 Å². The van der Waals surface area contributed by atoms with Crippen LogP contribution in [0, 0.1) is 5.92 Å². The van der Waals surface area contributed by atoms with Gasteiger partial charge in [-0.1, -0.05) is 0 Å². The number of carbonyl (C=O) groups excluding carboxylic acids is 1. The molecule has 2 aliphatic rings. The van der Waals surface area contributed by atoms with Crippen molar-refractivity contribution in [3.63, 3.8) is 0 Å². The van der Waals surface area contributed by atoms with Gasteiger partial charge in [-0.3, -0.25) is 0 Å². The molecule has 3 rings (SSSR count). The van der Waals surface area contributed by atoms with Crippen molar-refractivity contribution in [3.8, 4) is 0 Å². The molecule has 3 nitrogen and oxygen atoms in total. The van der Waals surface area contributed by atoms with Crippen LogP contribution in [0.15, 0.2) is 24.3 Å². The maximum atomic E-state index is 11.3. The molecular weight excluding hydrogens is 214 g/mol. The number of benzene rings is 1. The van der Waals surface area contributed by atoms with Gasteiger partial charge in [0.2, 0.25) is 0 Å². The van der Waals surface area contributed by atoms with Crippen molar-refractivity contribution in [2.45, 2.75) is 25.3 Å². The van der Waals surface area contributed by atoms with E-state index in [0.717, 1.165) is 12.0 Å². The third-order valence-corrected chi connectivity index (χ3v) is 4.03. The lowest BCUT2D eigenvalue weighted by Gasteiger charge is -2.29. The number of nitrogens with zero attached hydrogens (tertiary/aromatic N) is 1. The van der Waals surface area contributed by atoms with E-state index in [-0.39, 0.29) is 5.97 Å². The van der Waals surface area contributed by atoms with Gasteiger partial charge < -0.3 is 9.64 Å². The maximum absolute atomic E-state index is 11.3. The first-order chi connectivity index (χ1) is 8.28. The highest BCUT2D eigenvalue weighted by Gasteiger charge is 2.37. The van der Waals surface area contributed by atoms with Crippen LogP contribution >= 0.6 is 0 Å². The number of methoxy groups -OCH3 is 1. The number of hydrogen-bond donors (Lipinski definition) is 0. The van der Waals surface area contributed by atoms with Crippen molar-refractivity contribution in [2.75, 3.05) is 18.6 Å². The average Bonchev–Trinajstić information content (AvgIpc) is 3.00. The van der Waals surface area contributed by atoms with Gasteiger partial charge in [-0.25, -0.2) is 4.79 Å². The Balaban J connectivity index is 1.78. The molecule has 1 aromatic carbocycles. The minimum Gasteiger partial charge on any atom is -0.465 e. The molecule has 0 spiro atoms. The molecule has 0 amide bonds. The topological polar surface area (TPSA) is 29.5 Å². The van der Waals surface area contributed by atoms with Gasteiger partial charge in [0, 0.05) is 18.3 Å². The number of piperidine rings is 1. The lowest BCUT2D eigenvalue weighted by atomic mass is 10.1. The van der Waals surface area contributed by atoms with Crippen molar-refractivity contribution in [1.29, 1.82) is 0 Å². The van der Waals surface area contributed by atoms with Crippen molar-refractivity contribution in [3.05, 3.63) is 29.8 Å². The summed E-state index contributed by atoms with van der Waals surface area (Å²) >= 11 is 0. The van der Waals surface area contributed by atoms with E-state index in [2.05, 4.69) is 4.90 Å². The summed E-state index contributed by atoms with van der Waals surface area (Å²) in [5.41, 5.74) is 1.87. The fraction of sp³-hybridized carbons (Fsp3) is 0.500. The number of anilines is 1. The quantitative estimate of drug-likeness (QED) is 0.732. The number of carbonyl (C=O) groups is 1.